The lowest BCUT2D eigenvalue weighted by Crippen LogP contribution is -2.09. The Morgan fingerprint density at radius 3 is 2.52 bits per heavy atom. The summed E-state index contributed by atoms with van der Waals surface area (Å²) in [5.74, 6) is 0. The van der Waals surface area contributed by atoms with Crippen LogP contribution in [0.2, 0.25) is 0 Å². The average molecular weight is 317 g/mol. The van der Waals surface area contributed by atoms with Gasteiger partial charge in [-0.25, -0.2) is 0 Å². The lowest BCUT2D eigenvalue weighted by Gasteiger charge is -2.06. The molecule has 5 nitrogen and oxygen atoms in total. The van der Waals surface area contributed by atoms with Crippen molar-refractivity contribution < 1.29 is 18.1 Å². The molecule has 2 aromatic rings. The summed E-state index contributed by atoms with van der Waals surface area (Å²) in [6.45, 7) is 1.64. The average Bonchev–Trinajstić information content (AvgIpc) is 2.70. The second kappa shape index (κ2) is 5.32. The fourth-order valence-electron chi connectivity index (χ4n) is 1.90. The summed E-state index contributed by atoms with van der Waals surface area (Å²) in [6, 6.07) is 5.20. The quantitative estimate of drug-likeness (QED) is 0.531. The number of nitro groups is 1. The SMILES string of the molecule is Cc1cc(Cn2[nH]c(C(F)(F)F)cc2=S)ccc1[N+](=O)[O-]. The van der Waals surface area contributed by atoms with E-state index in [1.807, 2.05) is 0 Å². The first-order valence-corrected chi connectivity index (χ1v) is 6.20. The van der Waals surface area contributed by atoms with Gasteiger partial charge in [0.15, 0.2) is 0 Å². The third-order valence-corrected chi connectivity index (χ3v) is 3.23. The largest absolute Gasteiger partial charge is 0.432 e. The highest BCUT2D eigenvalue weighted by molar-refractivity contribution is 7.71. The van der Waals surface area contributed by atoms with Gasteiger partial charge in [0.05, 0.1) is 11.5 Å². The molecule has 1 N–H and O–H groups in total. The molecular formula is C12H10F3N3O2S. The van der Waals surface area contributed by atoms with Crippen LogP contribution in [0.5, 0.6) is 0 Å². The molecule has 2 rings (SSSR count). The summed E-state index contributed by atoms with van der Waals surface area (Å²) in [7, 11) is 0. The molecule has 0 unspecified atom stereocenters. The molecule has 0 atom stereocenters. The van der Waals surface area contributed by atoms with E-state index < -0.39 is 16.8 Å². The summed E-state index contributed by atoms with van der Waals surface area (Å²) in [5.41, 5.74) is 0.0901. The molecule has 0 fully saturated rings. The van der Waals surface area contributed by atoms with Gasteiger partial charge < -0.3 is 0 Å². The number of alkyl halides is 3. The third kappa shape index (κ3) is 3.30. The minimum Gasteiger partial charge on any atom is -0.293 e. The maximum absolute atomic E-state index is 12.6. The van der Waals surface area contributed by atoms with E-state index >= 15 is 0 Å². The number of H-pyrrole nitrogens is 1. The first kappa shape index (κ1) is 15.2. The van der Waals surface area contributed by atoms with Crippen LogP contribution in [0.3, 0.4) is 0 Å². The molecule has 1 heterocycles. The van der Waals surface area contributed by atoms with Gasteiger partial charge in [-0.3, -0.25) is 19.9 Å². The smallest absolute Gasteiger partial charge is 0.293 e. The van der Waals surface area contributed by atoms with Crippen LogP contribution in [-0.4, -0.2) is 14.7 Å². The number of nitrogens with one attached hydrogen (secondary N) is 1. The Morgan fingerprint density at radius 2 is 2.05 bits per heavy atom. The van der Waals surface area contributed by atoms with Crippen molar-refractivity contribution in [3.63, 3.8) is 0 Å². The van der Waals surface area contributed by atoms with Crippen molar-refractivity contribution in [1.29, 1.82) is 0 Å². The molecule has 0 radical (unpaired) electrons. The van der Waals surface area contributed by atoms with E-state index in [4.69, 9.17) is 12.2 Å². The molecule has 0 aliphatic heterocycles. The van der Waals surface area contributed by atoms with Gasteiger partial charge in [0.2, 0.25) is 0 Å². The Kier molecular flexibility index (Phi) is 3.86. The molecule has 112 valence electrons. The van der Waals surface area contributed by atoms with E-state index in [-0.39, 0.29) is 16.9 Å². The lowest BCUT2D eigenvalue weighted by atomic mass is 10.1. The summed E-state index contributed by atoms with van der Waals surface area (Å²) in [6.07, 6.45) is -4.50. The number of aromatic amines is 1. The summed E-state index contributed by atoms with van der Waals surface area (Å²) in [4.78, 5) is 10.2. The molecule has 0 amide bonds. The van der Waals surface area contributed by atoms with E-state index in [1.165, 1.54) is 16.8 Å². The fraction of sp³-hybridized carbons (Fsp3) is 0.250. The van der Waals surface area contributed by atoms with Gasteiger partial charge in [-0.15, -0.1) is 0 Å². The first-order chi connectivity index (χ1) is 9.68. The number of nitro benzene ring substituents is 1. The number of benzene rings is 1. The topological polar surface area (TPSA) is 63.9 Å². The molecule has 0 saturated carbocycles. The van der Waals surface area contributed by atoms with E-state index in [1.54, 1.807) is 13.0 Å². The molecule has 0 bridgehead atoms. The van der Waals surface area contributed by atoms with Crippen LogP contribution < -0.4 is 0 Å². The zero-order valence-electron chi connectivity index (χ0n) is 10.8. The molecular weight excluding hydrogens is 307 g/mol. The number of aromatic nitrogens is 2. The van der Waals surface area contributed by atoms with Crippen LogP contribution in [0.1, 0.15) is 16.8 Å². The van der Waals surface area contributed by atoms with Gasteiger partial charge in [-0.1, -0.05) is 18.3 Å². The highest BCUT2D eigenvalue weighted by Gasteiger charge is 2.32. The Hall–Kier alpha value is -2.16. The highest BCUT2D eigenvalue weighted by Crippen LogP contribution is 2.28. The van der Waals surface area contributed by atoms with E-state index in [9.17, 15) is 23.3 Å². The van der Waals surface area contributed by atoms with Crippen molar-refractivity contribution in [2.24, 2.45) is 0 Å². The molecule has 0 aliphatic rings. The Labute approximate surface area is 122 Å². The Morgan fingerprint density at radius 1 is 1.38 bits per heavy atom. The van der Waals surface area contributed by atoms with Gasteiger partial charge >= 0.3 is 6.18 Å². The summed E-state index contributed by atoms with van der Waals surface area (Å²) < 4.78 is 38.9. The molecule has 0 aliphatic carbocycles. The first-order valence-electron chi connectivity index (χ1n) is 5.79. The molecule has 21 heavy (non-hydrogen) atoms. The number of aryl methyl sites for hydroxylation is 1. The number of hydrogen-bond acceptors (Lipinski definition) is 3. The normalized spacial score (nSPS) is 11.6. The third-order valence-electron chi connectivity index (χ3n) is 2.89. The van der Waals surface area contributed by atoms with Gasteiger partial charge in [-0.2, -0.15) is 13.2 Å². The molecule has 0 saturated heterocycles. The predicted octanol–water partition coefficient (Wildman–Crippen LogP) is 3.83. The van der Waals surface area contributed by atoms with Crippen molar-refractivity contribution >= 4 is 17.9 Å². The van der Waals surface area contributed by atoms with Crippen LogP contribution >= 0.6 is 12.2 Å². The minimum atomic E-state index is -4.50. The zero-order chi connectivity index (χ0) is 15.8. The lowest BCUT2D eigenvalue weighted by molar-refractivity contribution is -0.385. The van der Waals surface area contributed by atoms with Crippen molar-refractivity contribution in [3.8, 4) is 0 Å². The van der Waals surface area contributed by atoms with Crippen molar-refractivity contribution in [2.45, 2.75) is 19.6 Å². The van der Waals surface area contributed by atoms with Gasteiger partial charge in [0.1, 0.15) is 10.3 Å². The highest BCUT2D eigenvalue weighted by atomic mass is 32.1. The van der Waals surface area contributed by atoms with Gasteiger partial charge in [0, 0.05) is 17.7 Å². The number of hydrogen-bond donors (Lipinski definition) is 1. The number of nitrogens with zero attached hydrogens (tertiary/aromatic N) is 2. The molecule has 0 spiro atoms. The van der Waals surface area contributed by atoms with E-state index in [2.05, 4.69) is 5.10 Å². The standard InChI is InChI=1S/C12H10F3N3O2S/c1-7-4-8(2-3-9(7)18(19)20)6-17-11(21)5-10(16-17)12(13,14)15/h2-5,16H,6H2,1H3. The van der Waals surface area contributed by atoms with E-state index in [0.29, 0.717) is 11.1 Å². The molecule has 1 aromatic heterocycles. The second-order valence-electron chi connectivity index (χ2n) is 4.47. The van der Waals surface area contributed by atoms with Crippen molar-refractivity contribution in [3.05, 3.63) is 55.8 Å². The van der Waals surface area contributed by atoms with Crippen molar-refractivity contribution in [2.75, 3.05) is 0 Å². The van der Waals surface area contributed by atoms with Crippen LogP contribution in [0, 0.1) is 21.7 Å². The number of halogens is 3. The zero-order valence-corrected chi connectivity index (χ0v) is 11.6. The van der Waals surface area contributed by atoms with Crippen molar-refractivity contribution in [1.82, 2.24) is 9.78 Å². The van der Waals surface area contributed by atoms with Crippen LogP contribution in [0.25, 0.3) is 0 Å². The van der Waals surface area contributed by atoms with Crippen LogP contribution in [0.15, 0.2) is 24.3 Å². The minimum absolute atomic E-state index is 0.0123. The van der Waals surface area contributed by atoms with Gasteiger partial charge in [-0.05, 0) is 18.6 Å². The fourth-order valence-corrected chi connectivity index (χ4v) is 2.13. The summed E-state index contributed by atoms with van der Waals surface area (Å²) in [5, 5.41) is 12.9. The van der Waals surface area contributed by atoms with E-state index in [0.717, 1.165) is 6.07 Å². The summed E-state index contributed by atoms with van der Waals surface area (Å²) >= 11 is 4.86. The number of rotatable bonds is 3. The molecule has 9 heteroatoms. The molecule has 1 aromatic carbocycles. The maximum atomic E-state index is 12.6. The second-order valence-corrected chi connectivity index (χ2v) is 4.89. The monoisotopic (exact) mass is 317 g/mol. The van der Waals surface area contributed by atoms with Gasteiger partial charge in [0.25, 0.3) is 5.69 Å². The predicted molar refractivity (Wildman–Crippen MR) is 71.6 cm³/mol. The maximum Gasteiger partial charge on any atom is 0.432 e. The van der Waals surface area contributed by atoms with Crippen LogP contribution in [-0.2, 0) is 12.7 Å². The van der Waals surface area contributed by atoms with Crippen LogP contribution in [0.4, 0.5) is 18.9 Å². The Balaban J connectivity index is 2.31. The Bertz CT molecular complexity index is 749.